The molecule has 1 aliphatic rings. The van der Waals surface area contributed by atoms with Crippen LogP contribution in [0, 0.1) is 6.92 Å². The van der Waals surface area contributed by atoms with Crippen LogP contribution < -0.4 is 10.5 Å². The normalized spacial score (nSPS) is 13.6. The Labute approximate surface area is 96.2 Å². The van der Waals surface area contributed by atoms with E-state index in [-0.39, 0.29) is 0 Å². The standard InChI is InChI=1S/C13H19NO2/c1-9-8-12-10(5-7-16-12)11(13(9)15)4-2-3-6-14/h8,15H,2-7,14H2,1H3. The summed E-state index contributed by atoms with van der Waals surface area (Å²) in [6.07, 6.45) is 3.85. The molecule has 0 radical (unpaired) electrons. The number of hydrogen-bond donors (Lipinski definition) is 2. The molecule has 0 fully saturated rings. The summed E-state index contributed by atoms with van der Waals surface area (Å²) >= 11 is 0. The molecule has 0 saturated heterocycles. The second-order valence-electron chi connectivity index (χ2n) is 4.34. The van der Waals surface area contributed by atoms with E-state index in [1.807, 2.05) is 13.0 Å². The number of ether oxygens (including phenoxy) is 1. The Hall–Kier alpha value is -1.22. The molecule has 1 aromatic carbocycles. The average Bonchev–Trinajstić information content (AvgIpc) is 2.71. The summed E-state index contributed by atoms with van der Waals surface area (Å²) in [6.45, 7) is 3.37. The number of phenolic OH excluding ortho intramolecular Hbond substituents is 1. The van der Waals surface area contributed by atoms with Crippen molar-refractivity contribution in [1.29, 1.82) is 0 Å². The Bertz CT molecular complexity index is 388. The topological polar surface area (TPSA) is 55.5 Å². The van der Waals surface area contributed by atoms with E-state index >= 15 is 0 Å². The Morgan fingerprint density at radius 3 is 3.00 bits per heavy atom. The van der Waals surface area contributed by atoms with Crippen molar-refractivity contribution in [1.82, 2.24) is 0 Å². The predicted molar refractivity (Wildman–Crippen MR) is 64.0 cm³/mol. The van der Waals surface area contributed by atoms with E-state index < -0.39 is 0 Å². The van der Waals surface area contributed by atoms with Crippen molar-refractivity contribution in [2.75, 3.05) is 13.2 Å². The zero-order chi connectivity index (χ0) is 11.5. The minimum atomic E-state index is 0.446. The first kappa shape index (κ1) is 11.3. The van der Waals surface area contributed by atoms with Crippen molar-refractivity contribution in [3.05, 3.63) is 22.8 Å². The predicted octanol–water partition coefficient (Wildman–Crippen LogP) is 1.92. The van der Waals surface area contributed by atoms with Gasteiger partial charge in [-0.1, -0.05) is 0 Å². The summed E-state index contributed by atoms with van der Waals surface area (Å²) < 4.78 is 5.55. The minimum absolute atomic E-state index is 0.446. The van der Waals surface area contributed by atoms with Crippen LogP contribution in [0.3, 0.4) is 0 Å². The molecular weight excluding hydrogens is 202 g/mol. The van der Waals surface area contributed by atoms with Crippen LogP contribution >= 0.6 is 0 Å². The zero-order valence-corrected chi connectivity index (χ0v) is 9.75. The van der Waals surface area contributed by atoms with Crippen LogP contribution in [0.2, 0.25) is 0 Å². The second-order valence-corrected chi connectivity index (χ2v) is 4.34. The van der Waals surface area contributed by atoms with Crippen LogP contribution in [-0.4, -0.2) is 18.3 Å². The maximum Gasteiger partial charge on any atom is 0.123 e. The average molecular weight is 221 g/mol. The monoisotopic (exact) mass is 221 g/mol. The molecule has 2 rings (SSSR count). The number of unbranched alkanes of at least 4 members (excludes halogenated alkanes) is 1. The van der Waals surface area contributed by atoms with E-state index in [1.54, 1.807) is 0 Å². The maximum atomic E-state index is 10.1. The van der Waals surface area contributed by atoms with Gasteiger partial charge in [0.1, 0.15) is 11.5 Å². The lowest BCUT2D eigenvalue weighted by Crippen LogP contribution is -2.01. The van der Waals surface area contributed by atoms with E-state index in [0.29, 0.717) is 12.3 Å². The number of rotatable bonds is 4. The third-order valence-corrected chi connectivity index (χ3v) is 3.16. The smallest absolute Gasteiger partial charge is 0.123 e. The van der Waals surface area contributed by atoms with Crippen LogP contribution in [0.5, 0.6) is 11.5 Å². The molecule has 0 aromatic heterocycles. The number of nitrogens with two attached hydrogens (primary N) is 1. The Morgan fingerprint density at radius 2 is 2.25 bits per heavy atom. The number of fused-ring (bicyclic) bond motifs is 1. The number of aromatic hydroxyl groups is 1. The van der Waals surface area contributed by atoms with Gasteiger partial charge in [0.25, 0.3) is 0 Å². The lowest BCUT2D eigenvalue weighted by molar-refractivity contribution is 0.356. The van der Waals surface area contributed by atoms with Crippen molar-refractivity contribution in [3.63, 3.8) is 0 Å². The van der Waals surface area contributed by atoms with Crippen molar-refractivity contribution in [3.8, 4) is 11.5 Å². The molecule has 16 heavy (non-hydrogen) atoms. The molecule has 3 nitrogen and oxygen atoms in total. The van der Waals surface area contributed by atoms with Gasteiger partial charge in [0.2, 0.25) is 0 Å². The third-order valence-electron chi connectivity index (χ3n) is 3.16. The molecule has 0 unspecified atom stereocenters. The van der Waals surface area contributed by atoms with Crippen LogP contribution in [-0.2, 0) is 12.8 Å². The molecule has 1 aliphatic heterocycles. The zero-order valence-electron chi connectivity index (χ0n) is 9.75. The van der Waals surface area contributed by atoms with E-state index in [9.17, 15) is 5.11 Å². The fourth-order valence-electron chi connectivity index (χ4n) is 2.26. The molecule has 88 valence electrons. The first-order valence-electron chi connectivity index (χ1n) is 5.91. The van der Waals surface area contributed by atoms with Crippen molar-refractivity contribution >= 4 is 0 Å². The summed E-state index contributed by atoms with van der Waals surface area (Å²) in [4.78, 5) is 0. The van der Waals surface area contributed by atoms with Crippen molar-refractivity contribution in [2.24, 2.45) is 5.73 Å². The fraction of sp³-hybridized carbons (Fsp3) is 0.538. The van der Waals surface area contributed by atoms with Gasteiger partial charge in [0.15, 0.2) is 0 Å². The van der Waals surface area contributed by atoms with Crippen molar-refractivity contribution in [2.45, 2.75) is 32.6 Å². The lowest BCUT2D eigenvalue weighted by Gasteiger charge is -2.12. The number of aryl methyl sites for hydroxylation is 1. The minimum Gasteiger partial charge on any atom is -0.507 e. The SMILES string of the molecule is Cc1cc2c(c(CCCCN)c1O)CCO2. The Balaban J connectivity index is 2.27. The molecule has 0 bridgehead atoms. The summed E-state index contributed by atoms with van der Waals surface area (Å²) in [6, 6.07) is 1.93. The van der Waals surface area contributed by atoms with E-state index in [2.05, 4.69) is 0 Å². The Kier molecular flexibility index (Phi) is 3.34. The van der Waals surface area contributed by atoms with Gasteiger partial charge in [-0.15, -0.1) is 0 Å². The van der Waals surface area contributed by atoms with Gasteiger partial charge in [-0.25, -0.2) is 0 Å². The highest BCUT2D eigenvalue weighted by Gasteiger charge is 2.20. The summed E-state index contributed by atoms with van der Waals surface area (Å²) in [5, 5.41) is 10.1. The summed E-state index contributed by atoms with van der Waals surface area (Å²) in [7, 11) is 0. The molecule has 0 saturated carbocycles. The molecule has 0 aliphatic carbocycles. The largest absolute Gasteiger partial charge is 0.507 e. The third kappa shape index (κ3) is 2.00. The molecule has 1 aromatic rings. The highest BCUT2D eigenvalue weighted by molar-refractivity contribution is 5.54. The molecule has 1 heterocycles. The first-order chi connectivity index (χ1) is 7.74. The fourth-order valence-corrected chi connectivity index (χ4v) is 2.26. The molecular formula is C13H19NO2. The van der Waals surface area contributed by atoms with E-state index in [0.717, 1.165) is 49.2 Å². The van der Waals surface area contributed by atoms with Gasteiger partial charge in [-0.05, 0) is 44.4 Å². The number of phenols is 1. The van der Waals surface area contributed by atoms with E-state index in [1.165, 1.54) is 5.56 Å². The van der Waals surface area contributed by atoms with Gasteiger partial charge in [0.05, 0.1) is 6.61 Å². The number of hydrogen-bond acceptors (Lipinski definition) is 3. The van der Waals surface area contributed by atoms with Crippen LogP contribution in [0.15, 0.2) is 6.07 Å². The lowest BCUT2D eigenvalue weighted by atomic mass is 9.96. The number of benzene rings is 1. The van der Waals surface area contributed by atoms with Gasteiger partial charge in [-0.2, -0.15) is 0 Å². The van der Waals surface area contributed by atoms with Crippen LogP contribution in [0.25, 0.3) is 0 Å². The van der Waals surface area contributed by atoms with Gasteiger partial charge < -0.3 is 15.6 Å². The molecule has 0 spiro atoms. The van der Waals surface area contributed by atoms with Crippen molar-refractivity contribution < 1.29 is 9.84 Å². The van der Waals surface area contributed by atoms with Crippen LogP contribution in [0.4, 0.5) is 0 Å². The van der Waals surface area contributed by atoms with E-state index in [4.69, 9.17) is 10.5 Å². The summed E-state index contributed by atoms with van der Waals surface area (Å²) in [5.74, 6) is 1.40. The van der Waals surface area contributed by atoms with Gasteiger partial charge in [-0.3, -0.25) is 0 Å². The quantitative estimate of drug-likeness (QED) is 0.764. The highest BCUT2D eigenvalue weighted by atomic mass is 16.5. The highest BCUT2D eigenvalue weighted by Crippen LogP contribution is 2.37. The molecule has 3 N–H and O–H groups in total. The molecule has 0 amide bonds. The maximum absolute atomic E-state index is 10.1. The van der Waals surface area contributed by atoms with Gasteiger partial charge >= 0.3 is 0 Å². The molecule has 3 heteroatoms. The first-order valence-corrected chi connectivity index (χ1v) is 5.91. The second kappa shape index (κ2) is 4.74. The summed E-state index contributed by atoms with van der Waals surface area (Å²) in [5.41, 5.74) is 8.66. The van der Waals surface area contributed by atoms with Crippen LogP contribution in [0.1, 0.15) is 29.5 Å². The Morgan fingerprint density at radius 1 is 1.44 bits per heavy atom. The molecule has 0 atom stereocenters. The van der Waals surface area contributed by atoms with Gasteiger partial charge in [0, 0.05) is 17.5 Å².